The van der Waals surface area contributed by atoms with E-state index in [1.165, 1.54) is 30.3 Å². The third kappa shape index (κ3) is 4.03. The average molecular weight is 308 g/mol. The molecule has 0 heterocycles. The van der Waals surface area contributed by atoms with Crippen LogP contribution in [-0.2, 0) is 10.9 Å². The van der Waals surface area contributed by atoms with Crippen LogP contribution < -0.4 is 10.0 Å². The number of thiol groups is 1. The Morgan fingerprint density at radius 2 is 1.86 bits per heavy atom. The maximum Gasteiger partial charge on any atom is 0.255 e. The summed E-state index contributed by atoms with van der Waals surface area (Å²) < 4.78 is 36.6. The van der Waals surface area contributed by atoms with Crippen LogP contribution in [0.4, 0.5) is 15.8 Å². The second kappa shape index (κ2) is 6.36. The molecule has 0 fully saturated rings. The lowest BCUT2D eigenvalue weighted by Gasteiger charge is -2.07. The van der Waals surface area contributed by atoms with Gasteiger partial charge >= 0.3 is 0 Å². The Hall–Kier alpha value is -2.41. The summed E-state index contributed by atoms with van der Waals surface area (Å²) in [6.07, 6.45) is 0. The average Bonchev–Trinajstić information content (AvgIpc) is 2.42. The first-order valence-corrected chi connectivity index (χ1v) is 7.22. The van der Waals surface area contributed by atoms with Crippen molar-refractivity contribution in [2.45, 2.75) is 6.92 Å². The monoisotopic (exact) mass is 308 g/mol. The number of carbonyl (C=O) groups excluding carboxylic acids is 1. The Balaban J connectivity index is 2.18. The second-order valence-corrected chi connectivity index (χ2v) is 5.11. The van der Waals surface area contributed by atoms with E-state index in [0.717, 1.165) is 0 Å². The largest absolute Gasteiger partial charge is 0.322 e. The number of rotatable bonds is 4. The first kappa shape index (κ1) is 15.0. The molecule has 0 atom stereocenters. The quantitative estimate of drug-likeness (QED) is 0.759. The van der Waals surface area contributed by atoms with E-state index in [2.05, 4.69) is 10.0 Å². The number of hydrogen-bond donors (Lipinski definition) is 3. The topological polar surface area (TPSA) is 75.3 Å². The highest BCUT2D eigenvalue weighted by Crippen LogP contribution is 2.16. The SMILES string of the molecule is Cc1cc(NC(=O)c2cccc(N[SH](=O)=O)c2)ccc1F. The molecule has 110 valence electrons. The Morgan fingerprint density at radius 1 is 1.10 bits per heavy atom. The number of hydrogen-bond acceptors (Lipinski definition) is 3. The van der Waals surface area contributed by atoms with Crippen LogP contribution in [0.25, 0.3) is 0 Å². The number of aryl methyl sites for hydroxylation is 1. The summed E-state index contributed by atoms with van der Waals surface area (Å²) in [6, 6.07) is 10.3. The highest BCUT2D eigenvalue weighted by molar-refractivity contribution is 7.73. The molecule has 0 unspecified atom stereocenters. The van der Waals surface area contributed by atoms with E-state index in [9.17, 15) is 17.6 Å². The van der Waals surface area contributed by atoms with E-state index in [0.29, 0.717) is 22.5 Å². The van der Waals surface area contributed by atoms with Crippen LogP contribution in [0.1, 0.15) is 15.9 Å². The Morgan fingerprint density at radius 3 is 2.52 bits per heavy atom. The molecule has 0 saturated carbocycles. The fourth-order valence-corrected chi connectivity index (χ4v) is 2.11. The van der Waals surface area contributed by atoms with Crippen molar-refractivity contribution in [3.05, 3.63) is 59.4 Å². The zero-order valence-corrected chi connectivity index (χ0v) is 12.0. The van der Waals surface area contributed by atoms with Crippen LogP contribution in [0.5, 0.6) is 0 Å². The van der Waals surface area contributed by atoms with Gasteiger partial charge in [-0.05, 0) is 48.9 Å². The zero-order valence-electron chi connectivity index (χ0n) is 11.1. The number of amides is 1. The van der Waals surface area contributed by atoms with Gasteiger partial charge in [0.2, 0.25) is 10.9 Å². The molecule has 21 heavy (non-hydrogen) atoms. The van der Waals surface area contributed by atoms with Crippen LogP contribution in [0.2, 0.25) is 0 Å². The van der Waals surface area contributed by atoms with Crippen molar-refractivity contribution in [1.29, 1.82) is 0 Å². The Labute approximate surface area is 122 Å². The van der Waals surface area contributed by atoms with Crippen molar-refractivity contribution < 1.29 is 17.6 Å². The van der Waals surface area contributed by atoms with Gasteiger partial charge in [0.25, 0.3) is 5.91 Å². The van der Waals surface area contributed by atoms with Crippen molar-refractivity contribution >= 4 is 28.2 Å². The summed E-state index contributed by atoms with van der Waals surface area (Å²) in [4.78, 5) is 12.1. The lowest BCUT2D eigenvalue weighted by Crippen LogP contribution is -2.12. The van der Waals surface area contributed by atoms with Crippen LogP contribution in [0.15, 0.2) is 42.5 Å². The standard InChI is InChI=1S/C14H13FN2O3S/c1-9-7-11(5-6-13(9)15)16-14(18)10-3-2-4-12(8-10)17-21(19)20/h2-8,21H,1H3,(H,16,18)(H,17,19,20). The molecule has 0 spiro atoms. The van der Waals surface area contributed by atoms with Crippen molar-refractivity contribution in [2.75, 3.05) is 10.0 Å². The maximum absolute atomic E-state index is 13.2. The van der Waals surface area contributed by atoms with E-state index >= 15 is 0 Å². The minimum Gasteiger partial charge on any atom is -0.322 e. The molecule has 2 rings (SSSR count). The van der Waals surface area contributed by atoms with Gasteiger partial charge in [0.05, 0.1) is 0 Å². The van der Waals surface area contributed by atoms with Crippen LogP contribution in [0.3, 0.4) is 0 Å². The van der Waals surface area contributed by atoms with Crippen LogP contribution in [0, 0.1) is 12.7 Å². The highest BCUT2D eigenvalue weighted by atomic mass is 32.2. The summed E-state index contributed by atoms with van der Waals surface area (Å²) in [5.41, 5.74) is 1.48. The van der Waals surface area contributed by atoms with Gasteiger partial charge < -0.3 is 5.32 Å². The molecule has 7 heteroatoms. The molecule has 0 aromatic heterocycles. The van der Waals surface area contributed by atoms with Crippen molar-refractivity contribution in [3.63, 3.8) is 0 Å². The summed E-state index contributed by atoms with van der Waals surface area (Å²) >= 11 is 0. The van der Waals surface area contributed by atoms with Crippen LogP contribution in [-0.4, -0.2) is 14.3 Å². The molecule has 0 aliphatic heterocycles. The number of benzene rings is 2. The molecule has 5 nitrogen and oxygen atoms in total. The predicted octanol–water partition coefficient (Wildman–Crippen LogP) is 2.32. The van der Waals surface area contributed by atoms with Crippen LogP contribution >= 0.6 is 0 Å². The molecule has 0 aliphatic carbocycles. The number of anilines is 2. The van der Waals surface area contributed by atoms with Gasteiger partial charge in [0.1, 0.15) is 5.82 Å². The number of nitrogens with one attached hydrogen (secondary N) is 2. The normalized spacial score (nSPS) is 10.4. The molecule has 0 bridgehead atoms. The molecule has 2 N–H and O–H groups in total. The lowest BCUT2D eigenvalue weighted by molar-refractivity contribution is 0.102. The predicted molar refractivity (Wildman–Crippen MR) is 79.5 cm³/mol. The molecular formula is C14H13FN2O3S. The minimum absolute atomic E-state index is 0.291. The van der Waals surface area contributed by atoms with Gasteiger partial charge in [0, 0.05) is 16.9 Å². The lowest BCUT2D eigenvalue weighted by atomic mass is 10.1. The molecule has 0 aliphatic rings. The van der Waals surface area contributed by atoms with E-state index in [1.54, 1.807) is 19.1 Å². The molecule has 0 radical (unpaired) electrons. The third-order valence-corrected chi connectivity index (χ3v) is 3.20. The molecular weight excluding hydrogens is 295 g/mol. The Kier molecular flexibility index (Phi) is 4.54. The van der Waals surface area contributed by atoms with Gasteiger partial charge in [-0.1, -0.05) is 6.07 Å². The third-order valence-electron chi connectivity index (χ3n) is 2.76. The van der Waals surface area contributed by atoms with E-state index in [1.807, 2.05) is 0 Å². The smallest absolute Gasteiger partial charge is 0.255 e. The first-order valence-electron chi connectivity index (χ1n) is 6.04. The van der Waals surface area contributed by atoms with Gasteiger partial charge in [0.15, 0.2) is 0 Å². The summed E-state index contributed by atoms with van der Waals surface area (Å²) in [7, 11) is -2.79. The van der Waals surface area contributed by atoms with E-state index in [-0.39, 0.29) is 5.82 Å². The van der Waals surface area contributed by atoms with Crippen molar-refractivity contribution in [2.24, 2.45) is 0 Å². The molecule has 2 aromatic carbocycles. The molecule has 2 aromatic rings. The second-order valence-electron chi connectivity index (χ2n) is 4.37. The fourth-order valence-electron chi connectivity index (χ4n) is 1.76. The summed E-state index contributed by atoms with van der Waals surface area (Å²) in [5, 5.41) is 2.62. The Bertz CT molecular complexity index is 752. The van der Waals surface area contributed by atoms with Crippen molar-refractivity contribution in [1.82, 2.24) is 0 Å². The first-order chi connectivity index (χ1) is 9.95. The number of carbonyl (C=O) groups is 1. The van der Waals surface area contributed by atoms with Gasteiger partial charge in [-0.3, -0.25) is 9.52 Å². The van der Waals surface area contributed by atoms with Gasteiger partial charge in [-0.2, -0.15) is 0 Å². The van der Waals surface area contributed by atoms with Gasteiger partial charge in [-0.15, -0.1) is 0 Å². The van der Waals surface area contributed by atoms with E-state index in [4.69, 9.17) is 0 Å². The number of halogens is 1. The fraction of sp³-hybridized carbons (Fsp3) is 0.0714. The summed E-state index contributed by atoms with van der Waals surface area (Å²) in [5.74, 6) is -0.760. The molecule has 1 amide bonds. The van der Waals surface area contributed by atoms with Crippen molar-refractivity contribution in [3.8, 4) is 0 Å². The van der Waals surface area contributed by atoms with Gasteiger partial charge in [-0.25, -0.2) is 12.8 Å². The maximum atomic E-state index is 13.2. The zero-order chi connectivity index (χ0) is 15.4. The highest BCUT2D eigenvalue weighted by Gasteiger charge is 2.08. The molecule has 0 saturated heterocycles. The summed E-state index contributed by atoms with van der Waals surface area (Å²) in [6.45, 7) is 1.60. The van der Waals surface area contributed by atoms with E-state index < -0.39 is 16.8 Å². The minimum atomic E-state index is -2.79.